The van der Waals surface area contributed by atoms with Crippen LogP contribution in [0, 0.1) is 11.8 Å². The zero-order valence-electron chi connectivity index (χ0n) is 14.5. The van der Waals surface area contributed by atoms with Gasteiger partial charge < -0.3 is 27.2 Å². The van der Waals surface area contributed by atoms with E-state index in [1.807, 2.05) is 6.92 Å². The van der Waals surface area contributed by atoms with Crippen molar-refractivity contribution in [1.29, 1.82) is 0 Å². The van der Waals surface area contributed by atoms with Gasteiger partial charge in [-0.15, -0.1) is 0 Å². The number of nitrogens with two attached hydrogens (primary N) is 2. The molecular weight excluding hydrogens is 316 g/mol. The molecule has 0 saturated carbocycles. The molecule has 7 N–H and O–H groups in total. The molecule has 0 aliphatic rings. The molecule has 0 aromatic carbocycles. The monoisotopic (exact) mass is 344 g/mol. The maximum atomic E-state index is 12.4. The molecule has 9 heteroatoms. The smallest absolute Gasteiger partial charge is 0.326 e. The highest BCUT2D eigenvalue weighted by atomic mass is 16.4. The number of carbonyl (C=O) groups excluding carboxylic acids is 3. The second kappa shape index (κ2) is 9.86. The fourth-order valence-electron chi connectivity index (χ4n) is 1.92. The normalized spacial score (nSPS) is 15.9. The van der Waals surface area contributed by atoms with Crippen LogP contribution in [0.5, 0.6) is 0 Å². The first-order valence-corrected chi connectivity index (χ1v) is 7.88. The van der Waals surface area contributed by atoms with Gasteiger partial charge in [0.05, 0.1) is 12.5 Å². The molecule has 0 rings (SSSR count). The SMILES string of the molecule is CC[C@H](C)[C@H](NC(=O)[C@@H](N)C(C)C)C(=O)N[C@@H](CC(N)=O)C(=O)O. The first-order chi connectivity index (χ1) is 11.0. The van der Waals surface area contributed by atoms with Crippen molar-refractivity contribution < 1.29 is 24.3 Å². The van der Waals surface area contributed by atoms with Crippen LogP contribution in [-0.2, 0) is 19.2 Å². The number of aliphatic carboxylic acids is 1. The molecule has 0 aliphatic carbocycles. The molecule has 0 aliphatic heterocycles. The van der Waals surface area contributed by atoms with E-state index >= 15 is 0 Å². The lowest BCUT2D eigenvalue weighted by molar-refractivity contribution is -0.144. The van der Waals surface area contributed by atoms with Crippen molar-refractivity contribution in [3.63, 3.8) is 0 Å². The summed E-state index contributed by atoms with van der Waals surface area (Å²) in [5.74, 6) is -3.79. The third-order valence-electron chi connectivity index (χ3n) is 3.83. The number of carboxylic acid groups (broad SMARTS) is 1. The summed E-state index contributed by atoms with van der Waals surface area (Å²) in [6, 6.07) is -3.19. The molecule has 0 unspecified atom stereocenters. The molecule has 3 amide bonds. The third-order valence-corrected chi connectivity index (χ3v) is 3.83. The lowest BCUT2D eigenvalue weighted by Gasteiger charge is -2.27. The maximum Gasteiger partial charge on any atom is 0.326 e. The highest BCUT2D eigenvalue weighted by Crippen LogP contribution is 2.10. The fraction of sp³-hybridized carbons (Fsp3) is 0.733. The van der Waals surface area contributed by atoms with E-state index in [0.29, 0.717) is 6.42 Å². The second-order valence-corrected chi connectivity index (χ2v) is 6.21. The zero-order chi connectivity index (χ0) is 19.0. The van der Waals surface area contributed by atoms with Crippen LogP contribution in [0.4, 0.5) is 0 Å². The predicted molar refractivity (Wildman–Crippen MR) is 87.6 cm³/mol. The van der Waals surface area contributed by atoms with Crippen molar-refractivity contribution in [3.05, 3.63) is 0 Å². The first kappa shape index (κ1) is 21.8. The van der Waals surface area contributed by atoms with Crippen LogP contribution in [0.15, 0.2) is 0 Å². The van der Waals surface area contributed by atoms with Crippen LogP contribution < -0.4 is 22.1 Å². The highest BCUT2D eigenvalue weighted by Gasteiger charge is 2.31. The molecule has 0 bridgehead atoms. The molecule has 0 spiro atoms. The largest absolute Gasteiger partial charge is 0.480 e. The van der Waals surface area contributed by atoms with Gasteiger partial charge in [-0.3, -0.25) is 14.4 Å². The summed E-state index contributed by atoms with van der Waals surface area (Å²) < 4.78 is 0. The van der Waals surface area contributed by atoms with Crippen molar-refractivity contribution in [1.82, 2.24) is 10.6 Å². The highest BCUT2D eigenvalue weighted by molar-refractivity contribution is 5.93. The Hall–Kier alpha value is -2.16. The minimum absolute atomic E-state index is 0.118. The lowest BCUT2D eigenvalue weighted by atomic mass is 9.96. The van der Waals surface area contributed by atoms with Crippen LogP contribution in [0.1, 0.15) is 40.5 Å². The molecule has 0 saturated heterocycles. The number of hydrogen-bond acceptors (Lipinski definition) is 5. The standard InChI is InChI=1S/C15H28N4O5/c1-5-8(4)12(19-13(21)11(17)7(2)3)14(22)18-9(15(23)24)6-10(16)20/h7-9,11-12H,5-6,17H2,1-4H3,(H2,16,20)(H,18,22)(H,19,21)(H,23,24)/t8-,9-,11-,12-/m0/s1. The summed E-state index contributed by atoms with van der Waals surface area (Å²) in [6.07, 6.45) is 0.0383. The van der Waals surface area contributed by atoms with Gasteiger partial charge in [0.25, 0.3) is 0 Å². The molecular formula is C15H28N4O5. The number of rotatable bonds is 10. The first-order valence-electron chi connectivity index (χ1n) is 7.88. The Kier molecular flexibility index (Phi) is 8.97. The van der Waals surface area contributed by atoms with Gasteiger partial charge in [0.2, 0.25) is 17.7 Å². The summed E-state index contributed by atoms with van der Waals surface area (Å²) in [5.41, 5.74) is 10.7. The number of carboxylic acids is 1. The van der Waals surface area contributed by atoms with Gasteiger partial charge in [-0.1, -0.05) is 34.1 Å². The minimum Gasteiger partial charge on any atom is -0.480 e. The summed E-state index contributed by atoms with van der Waals surface area (Å²) in [7, 11) is 0. The number of amides is 3. The average molecular weight is 344 g/mol. The van der Waals surface area contributed by atoms with Crippen molar-refractivity contribution in [2.45, 2.75) is 58.7 Å². The summed E-state index contributed by atoms with van der Waals surface area (Å²) in [6.45, 7) is 7.12. The Morgan fingerprint density at radius 3 is 1.96 bits per heavy atom. The van der Waals surface area contributed by atoms with E-state index in [0.717, 1.165) is 0 Å². The average Bonchev–Trinajstić information content (AvgIpc) is 2.49. The maximum absolute atomic E-state index is 12.4. The van der Waals surface area contributed by atoms with Crippen LogP contribution in [-0.4, -0.2) is 46.9 Å². The van der Waals surface area contributed by atoms with E-state index in [1.54, 1.807) is 20.8 Å². The van der Waals surface area contributed by atoms with E-state index in [-0.39, 0.29) is 11.8 Å². The van der Waals surface area contributed by atoms with Gasteiger partial charge in [-0.05, 0) is 11.8 Å². The van der Waals surface area contributed by atoms with Crippen LogP contribution in [0.2, 0.25) is 0 Å². The van der Waals surface area contributed by atoms with Crippen molar-refractivity contribution >= 4 is 23.7 Å². The predicted octanol–water partition coefficient (Wildman–Crippen LogP) is -1.05. The molecule has 0 radical (unpaired) electrons. The third kappa shape index (κ3) is 6.95. The van der Waals surface area contributed by atoms with Gasteiger partial charge in [0.1, 0.15) is 12.1 Å². The van der Waals surface area contributed by atoms with Crippen LogP contribution >= 0.6 is 0 Å². The second-order valence-electron chi connectivity index (χ2n) is 6.21. The molecule has 0 aromatic heterocycles. The number of primary amides is 1. The number of hydrogen-bond donors (Lipinski definition) is 5. The molecule has 9 nitrogen and oxygen atoms in total. The quantitative estimate of drug-likeness (QED) is 0.339. The summed E-state index contributed by atoms with van der Waals surface area (Å²) in [4.78, 5) is 46.5. The Labute approximate surface area is 141 Å². The summed E-state index contributed by atoms with van der Waals surface area (Å²) >= 11 is 0. The van der Waals surface area contributed by atoms with Crippen LogP contribution in [0.3, 0.4) is 0 Å². The summed E-state index contributed by atoms with van der Waals surface area (Å²) in [5, 5.41) is 13.9. The molecule has 0 fully saturated rings. The number of carbonyl (C=O) groups is 4. The molecule has 4 atom stereocenters. The Bertz CT molecular complexity index is 480. The Balaban J connectivity index is 5.16. The zero-order valence-corrected chi connectivity index (χ0v) is 14.5. The fourth-order valence-corrected chi connectivity index (χ4v) is 1.92. The van der Waals surface area contributed by atoms with Gasteiger partial charge in [-0.25, -0.2) is 4.79 Å². The molecule has 138 valence electrons. The van der Waals surface area contributed by atoms with E-state index in [2.05, 4.69) is 10.6 Å². The van der Waals surface area contributed by atoms with Crippen molar-refractivity contribution in [2.75, 3.05) is 0 Å². The van der Waals surface area contributed by atoms with E-state index < -0.39 is 48.2 Å². The van der Waals surface area contributed by atoms with E-state index in [1.165, 1.54) is 0 Å². The molecule has 24 heavy (non-hydrogen) atoms. The van der Waals surface area contributed by atoms with Gasteiger partial charge >= 0.3 is 5.97 Å². The topological polar surface area (TPSA) is 165 Å². The van der Waals surface area contributed by atoms with Gasteiger partial charge in [0.15, 0.2) is 0 Å². The Morgan fingerprint density at radius 2 is 1.58 bits per heavy atom. The molecule has 0 aromatic rings. The van der Waals surface area contributed by atoms with Crippen molar-refractivity contribution in [3.8, 4) is 0 Å². The van der Waals surface area contributed by atoms with Gasteiger partial charge in [0, 0.05) is 0 Å². The van der Waals surface area contributed by atoms with E-state index in [9.17, 15) is 19.2 Å². The van der Waals surface area contributed by atoms with Crippen LogP contribution in [0.25, 0.3) is 0 Å². The molecule has 0 heterocycles. The van der Waals surface area contributed by atoms with E-state index in [4.69, 9.17) is 16.6 Å². The lowest BCUT2D eigenvalue weighted by Crippen LogP contribution is -2.57. The van der Waals surface area contributed by atoms with Crippen molar-refractivity contribution in [2.24, 2.45) is 23.3 Å². The minimum atomic E-state index is -1.45. The number of nitrogens with one attached hydrogen (secondary N) is 2. The Morgan fingerprint density at radius 1 is 1.04 bits per heavy atom. The van der Waals surface area contributed by atoms with Gasteiger partial charge in [-0.2, -0.15) is 0 Å².